The van der Waals surface area contributed by atoms with Crippen LogP contribution < -0.4 is 37.6 Å². The van der Waals surface area contributed by atoms with Gasteiger partial charge in [0.15, 0.2) is 0 Å². The molecule has 0 aromatic heterocycles. The Labute approximate surface area is 336 Å². The molecule has 0 aliphatic heterocycles. The van der Waals surface area contributed by atoms with Gasteiger partial charge in [0, 0.05) is 19.3 Å². The van der Waals surface area contributed by atoms with Gasteiger partial charge in [-0.3, -0.25) is 38.4 Å². The molecule has 0 bridgehead atoms. The third-order valence-corrected chi connectivity index (χ3v) is 9.55. The first kappa shape index (κ1) is 50.2. The van der Waals surface area contributed by atoms with E-state index >= 15 is 0 Å². The van der Waals surface area contributed by atoms with Crippen molar-refractivity contribution in [2.45, 2.75) is 123 Å². The molecular formula is C38H59N7O13. The first-order valence-electron chi connectivity index (χ1n) is 19.1. The predicted molar refractivity (Wildman–Crippen MR) is 208 cm³/mol. The summed E-state index contributed by atoms with van der Waals surface area (Å²) in [4.78, 5) is 114. The van der Waals surface area contributed by atoms with E-state index in [1.165, 1.54) is 24.3 Å². The van der Waals surface area contributed by atoms with Crippen LogP contribution in [0.15, 0.2) is 24.3 Å². The molecule has 324 valence electrons. The van der Waals surface area contributed by atoms with E-state index < -0.39 is 133 Å². The average Bonchev–Trinajstić information content (AvgIpc) is 3.16. The second kappa shape index (κ2) is 24.8. The van der Waals surface area contributed by atoms with Gasteiger partial charge in [-0.1, -0.05) is 66.5 Å². The molecule has 1 rings (SSSR count). The Kier molecular flexibility index (Phi) is 21.4. The molecule has 1 aromatic rings. The number of phenols is 1. The molecule has 0 spiro atoms. The molecule has 0 radical (unpaired) electrons. The lowest BCUT2D eigenvalue weighted by atomic mass is 9.96. The number of carboxylic acid groups (broad SMARTS) is 3. The predicted octanol–water partition coefficient (Wildman–Crippen LogP) is -0.635. The summed E-state index contributed by atoms with van der Waals surface area (Å²) < 4.78 is 0. The SMILES string of the molecule is CC[C@H](C)[C@H](NC(=O)[C@@H](NC(=O)CNC(=O)[C@H](Cc1ccc(O)cc1)NC(=O)[C@@H](NC(=O)[C@H](CCC(=O)O)NC(=O)[C@@H](N)CCC(=O)O)[C@@H](C)CC)C(C)C)C(=O)O. The Balaban J connectivity index is 3.28. The first-order valence-corrected chi connectivity index (χ1v) is 19.1. The number of benzene rings is 1. The molecule has 0 fully saturated rings. The van der Waals surface area contributed by atoms with Crippen molar-refractivity contribution in [3.05, 3.63) is 29.8 Å². The second-order valence-corrected chi connectivity index (χ2v) is 14.6. The van der Waals surface area contributed by atoms with Crippen molar-refractivity contribution in [2.75, 3.05) is 6.54 Å². The number of nitrogens with two attached hydrogens (primary N) is 1. The standard InChI is InChI=1S/C38H59N7O13/c1-7-20(5)31(44-35(54)25(14-16-29(50)51)41-33(52)24(39)13-15-28(48)49)37(56)42-26(17-22-9-11-23(46)12-10-22)34(53)40-18-27(47)43-30(19(3)4)36(55)45-32(38(57)58)21(6)8-2/h9-12,19-21,24-26,30-32,46H,7-8,13-18,39H2,1-6H3,(H,40,53)(H,41,52)(H,42,56)(H,43,47)(H,44,54)(H,45,55)(H,48,49)(H,50,51)(H,57,58)/t20-,21-,24-,25-,26-,30-,31-,32-/m0/s1. The zero-order valence-corrected chi connectivity index (χ0v) is 33.7. The number of aliphatic carboxylic acids is 3. The maximum atomic E-state index is 13.9. The highest BCUT2D eigenvalue weighted by molar-refractivity contribution is 5.96. The summed E-state index contributed by atoms with van der Waals surface area (Å²) in [6.07, 6.45) is -1.04. The van der Waals surface area contributed by atoms with Crippen LogP contribution >= 0.6 is 0 Å². The Morgan fingerprint density at radius 3 is 1.62 bits per heavy atom. The Morgan fingerprint density at radius 1 is 0.603 bits per heavy atom. The maximum Gasteiger partial charge on any atom is 0.326 e. The van der Waals surface area contributed by atoms with Crippen LogP contribution in [0.25, 0.3) is 0 Å². The van der Waals surface area contributed by atoms with Gasteiger partial charge < -0.3 is 58.1 Å². The molecule has 8 atom stereocenters. The summed E-state index contributed by atoms with van der Waals surface area (Å²) >= 11 is 0. The summed E-state index contributed by atoms with van der Waals surface area (Å²) in [6.45, 7) is 9.39. The number of amides is 6. The number of carboxylic acids is 3. The van der Waals surface area contributed by atoms with Gasteiger partial charge in [0.1, 0.15) is 36.0 Å². The third kappa shape index (κ3) is 17.6. The maximum absolute atomic E-state index is 13.9. The van der Waals surface area contributed by atoms with Crippen LogP contribution in [0.2, 0.25) is 0 Å². The van der Waals surface area contributed by atoms with Crippen LogP contribution in [0.1, 0.15) is 85.6 Å². The third-order valence-electron chi connectivity index (χ3n) is 9.55. The molecule has 20 heteroatoms. The summed E-state index contributed by atoms with van der Waals surface area (Å²) in [5, 5.41) is 52.4. The Morgan fingerprint density at radius 2 is 1.10 bits per heavy atom. The second-order valence-electron chi connectivity index (χ2n) is 14.6. The molecule has 6 amide bonds. The van der Waals surface area contributed by atoms with E-state index in [0.717, 1.165) is 0 Å². The number of carbonyl (C=O) groups is 9. The molecule has 0 aliphatic carbocycles. The van der Waals surface area contributed by atoms with Crippen molar-refractivity contribution in [3.63, 3.8) is 0 Å². The van der Waals surface area contributed by atoms with Gasteiger partial charge >= 0.3 is 17.9 Å². The molecule has 0 saturated heterocycles. The summed E-state index contributed by atoms with van der Waals surface area (Å²) in [5.74, 6) is -10.4. The number of phenolic OH excluding ortho intramolecular Hbond substituents is 1. The molecule has 0 heterocycles. The van der Waals surface area contributed by atoms with E-state index in [1.807, 2.05) is 0 Å². The van der Waals surface area contributed by atoms with Gasteiger partial charge in [0.25, 0.3) is 0 Å². The van der Waals surface area contributed by atoms with E-state index in [4.69, 9.17) is 10.8 Å². The largest absolute Gasteiger partial charge is 0.508 e. The summed E-state index contributed by atoms with van der Waals surface area (Å²) in [6, 6.07) is -2.20. The quantitative estimate of drug-likeness (QED) is 0.0554. The van der Waals surface area contributed by atoms with E-state index in [0.29, 0.717) is 18.4 Å². The topological polar surface area (TPSA) is 333 Å². The fourth-order valence-electron chi connectivity index (χ4n) is 5.50. The molecule has 0 saturated carbocycles. The van der Waals surface area contributed by atoms with Crippen LogP contribution in [0.4, 0.5) is 0 Å². The smallest absolute Gasteiger partial charge is 0.326 e. The van der Waals surface area contributed by atoms with Crippen molar-refractivity contribution in [2.24, 2.45) is 23.5 Å². The first-order chi connectivity index (χ1) is 27.1. The summed E-state index contributed by atoms with van der Waals surface area (Å²) in [5.41, 5.74) is 6.26. The fourth-order valence-corrected chi connectivity index (χ4v) is 5.50. The lowest BCUT2D eigenvalue weighted by molar-refractivity contribution is -0.144. The minimum Gasteiger partial charge on any atom is -0.508 e. The Hall–Kier alpha value is -5.79. The molecule has 12 N–H and O–H groups in total. The van der Waals surface area contributed by atoms with Crippen molar-refractivity contribution in [1.82, 2.24) is 31.9 Å². The van der Waals surface area contributed by atoms with E-state index in [9.17, 15) is 58.5 Å². The molecule has 0 unspecified atom stereocenters. The van der Waals surface area contributed by atoms with Gasteiger partial charge in [-0.05, 0) is 48.3 Å². The molecule has 0 aliphatic rings. The highest BCUT2D eigenvalue weighted by atomic mass is 16.4. The van der Waals surface area contributed by atoms with E-state index in [1.54, 1.807) is 41.5 Å². The normalized spacial score (nSPS) is 15.2. The van der Waals surface area contributed by atoms with Crippen LogP contribution in [-0.2, 0) is 49.6 Å². The minimum atomic E-state index is -1.49. The fraction of sp³-hybridized carbons (Fsp3) is 0.605. The number of hydrogen-bond acceptors (Lipinski definition) is 11. The molecule has 20 nitrogen and oxygen atoms in total. The van der Waals surface area contributed by atoms with Crippen molar-refractivity contribution >= 4 is 53.4 Å². The highest BCUT2D eigenvalue weighted by Gasteiger charge is 2.34. The van der Waals surface area contributed by atoms with Crippen LogP contribution in [-0.4, -0.2) is 117 Å². The minimum absolute atomic E-state index is 0.0695. The van der Waals surface area contributed by atoms with Gasteiger partial charge in [0.05, 0.1) is 12.6 Å². The number of hydrogen-bond donors (Lipinski definition) is 11. The zero-order valence-electron chi connectivity index (χ0n) is 33.7. The zero-order chi connectivity index (χ0) is 44.3. The monoisotopic (exact) mass is 821 g/mol. The number of rotatable bonds is 26. The molecule has 58 heavy (non-hydrogen) atoms. The number of aromatic hydroxyl groups is 1. The van der Waals surface area contributed by atoms with Crippen molar-refractivity contribution in [1.29, 1.82) is 0 Å². The number of nitrogens with one attached hydrogen (secondary N) is 6. The van der Waals surface area contributed by atoms with E-state index in [-0.39, 0.29) is 18.6 Å². The number of carbonyl (C=O) groups excluding carboxylic acids is 6. The summed E-state index contributed by atoms with van der Waals surface area (Å²) in [7, 11) is 0. The van der Waals surface area contributed by atoms with Crippen LogP contribution in [0, 0.1) is 17.8 Å². The van der Waals surface area contributed by atoms with Gasteiger partial charge in [-0.15, -0.1) is 0 Å². The van der Waals surface area contributed by atoms with Gasteiger partial charge in [0.2, 0.25) is 35.4 Å². The van der Waals surface area contributed by atoms with Gasteiger partial charge in [-0.2, -0.15) is 0 Å². The van der Waals surface area contributed by atoms with Crippen molar-refractivity contribution in [3.8, 4) is 5.75 Å². The van der Waals surface area contributed by atoms with Crippen LogP contribution in [0.3, 0.4) is 0 Å². The van der Waals surface area contributed by atoms with E-state index in [2.05, 4.69) is 31.9 Å². The lowest BCUT2D eigenvalue weighted by Gasteiger charge is -2.29. The lowest BCUT2D eigenvalue weighted by Crippen LogP contribution is -2.60. The Bertz CT molecular complexity index is 1600. The molecule has 1 aromatic carbocycles. The van der Waals surface area contributed by atoms with Crippen molar-refractivity contribution < 1.29 is 63.6 Å². The molecular weight excluding hydrogens is 762 g/mol. The highest BCUT2D eigenvalue weighted by Crippen LogP contribution is 2.14. The van der Waals surface area contributed by atoms with Gasteiger partial charge in [-0.25, -0.2) is 4.79 Å². The average molecular weight is 822 g/mol. The van der Waals surface area contributed by atoms with Crippen LogP contribution in [0.5, 0.6) is 5.75 Å².